The minimum Gasteiger partial charge on any atom is -0.455 e. The number of tetrazole rings is 1. The number of nitriles is 1. The molecule has 0 amide bonds. The van der Waals surface area contributed by atoms with Gasteiger partial charge in [0.1, 0.15) is 23.1 Å². The largest absolute Gasteiger partial charge is 0.455 e. The number of hydrogen-bond acceptors (Lipinski definition) is 8. The second-order valence-corrected chi connectivity index (χ2v) is 6.04. The average molecular weight is 418 g/mol. The Hall–Kier alpha value is -3.68. The van der Waals surface area contributed by atoms with Gasteiger partial charge in [0.25, 0.3) is 5.69 Å². The van der Waals surface area contributed by atoms with Crippen LogP contribution in [0.5, 0.6) is 11.5 Å². The van der Waals surface area contributed by atoms with E-state index in [1.54, 1.807) is 12.1 Å². The molecular weight excluding hydrogens is 409 g/mol. The van der Waals surface area contributed by atoms with Gasteiger partial charge >= 0.3 is 0 Å². The fraction of sp³-hybridized carbons (Fsp3) is 0. The molecule has 0 aliphatic carbocycles. The van der Waals surface area contributed by atoms with Gasteiger partial charge in [0.05, 0.1) is 16.0 Å². The summed E-state index contributed by atoms with van der Waals surface area (Å²) in [6.07, 6.45) is 1.29. The molecule has 28 heavy (non-hydrogen) atoms. The molecule has 10 nitrogen and oxygen atoms in total. The second-order valence-electron chi connectivity index (χ2n) is 5.20. The molecule has 0 atom stereocenters. The first-order chi connectivity index (χ1) is 13.5. The van der Waals surface area contributed by atoms with Crippen molar-refractivity contribution in [3.8, 4) is 17.6 Å². The zero-order valence-electron chi connectivity index (χ0n) is 13.8. The van der Waals surface area contributed by atoms with E-state index in [4.69, 9.17) is 27.9 Å². The predicted octanol–water partition coefficient (Wildman–Crippen LogP) is 4.18. The van der Waals surface area contributed by atoms with Crippen molar-refractivity contribution >= 4 is 40.1 Å². The molecule has 0 saturated heterocycles. The number of nitrogens with one attached hydrogen (secondary N) is 2. The highest BCUT2D eigenvalue weighted by Crippen LogP contribution is 2.34. The van der Waals surface area contributed by atoms with Crippen LogP contribution in [-0.4, -0.2) is 25.5 Å². The van der Waals surface area contributed by atoms with Crippen molar-refractivity contribution in [2.45, 2.75) is 0 Å². The molecular formula is C16H9Cl2N7O3. The maximum atomic E-state index is 11.2. The Morgan fingerprint density at radius 1 is 1.32 bits per heavy atom. The highest BCUT2D eigenvalue weighted by molar-refractivity contribution is 6.35. The summed E-state index contributed by atoms with van der Waals surface area (Å²) in [5.74, 6) is 0.509. The van der Waals surface area contributed by atoms with Crippen LogP contribution in [0.1, 0.15) is 5.82 Å². The number of aromatic amines is 1. The minimum absolute atomic E-state index is 0.0727. The monoisotopic (exact) mass is 417 g/mol. The molecule has 2 aromatic carbocycles. The Kier molecular flexibility index (Phi) is 5.69. The van der Waals surface area contributed by atoms with Crippen LogP contribution in [0.2, 0.25) is 10.0 Å². The van der Waals surface area contributed by atoms with E-state index in [9.17, 15) is 15.4 Å². The standard InChI is InChI=1S/C16H9Cl2N7O3/c17-10-1-2-15(14(18)3-10)28-13-5-11(4-12(6-13)25(26)27)20-8-9(7-19)16-21-23-24-22-16/h1-6,8,20H,(H,21,22,23,24). The molecule has 2 N–H and O–H groups in total. The molecule has 0 bridgehead atoms. The zero-order chi connectivity index (χ0) is 20.1. The molecule has 3 aromatic rings. The van der Waals surface area contributed by atoms with Crippen molar-refractivity contribution in [2.24, 2.45) is 0 Å². The number of ether oxygens (including phenoxy) is 1. The van der Waals surface area contributed by atoms with E-state index in [1.165, 1.54) is 30.5 Å². The van der Waals surface area contributed by atoms with Gasteiger partial charge in [0.15, 0.2) is 0 Å². The molecule has 0 saturated carbocycles. The Morgan fingerprint density at radius 3 is 2.79 bits per heavy atom. The van der Waals surface area contributed by atoms with Crippen LogP contribution < -0.4 is 10.1 Å². The third-order valence-electron chi connectivity index (χ3n) is 3.31. The molecule has 0 aliphatic heterocycles. The number of nitro groups is 1. The van der Waals surface area contributed by atoms with Gasteiger partial charge in [0.2, 0.25) is 5.82 Å². The number of allylic oxidation sites excluding steroid dienone is 1. The first-order valence-electron chi connectivity index (χ1n) is 7.49. The summed E-state index contributed by atoms with van der Waals surface area (Å²) >= 11 is 11.9. The topological polar surface area (TPSA) is 143 Å². The number of benzene rings is 2. The smallest absolute Gasteiger partial charge is 0.275 e. The molecule has 140 valence electrons. The van der Waals surface area contributed by atoms with Crippen molar-refractivity contribution in [2.75, 3.05) is 5.32 Å². The summed E-state index contributed by atoms with van der Waals surface area (Å²) in [6.45, 7) is 0. The Labute approximate surface area is 167 Å². The number of aromatic nitrogens is 4. The van der Waals surface area contributed by atoms with Crippen LogP contribution >= 0.6 is 23.2 Å². The predicted molar refractivity (Wildman–Crippen MR) is 101 cm³/mol. The van der Waals surface area contributed by atoms with E-state index in [0.29, 0.717) is 10.7 Å². The minimum atomic E-state index is -0.574. The summed E-state index contributed by atoms with van der Waals surface area (Å²) in [6, 6.07) is 10.5. The van der Waals surface area contributed by atoms with Crippen LogP contribution in [-0.2, 0) is 0 Å². The van der Waals surface area contributed by atoms with Gasteiger partial charge in [0, 0.05) is 29.0 Å². The SMILES string of the molecule is N#CC(=CNc1cc(Oc2ccc(Cl)cc2Cl)cc([N+](=O)[O-])c1)c1nn[nH]n1. The number of nitrogens with zero attached hydrogens (tertiary/aromatic N) is 5. The molecule has 1 heterocycles. The Bertz CT molecular complexity index is 1090. The van der Waals surface area contributed by atoms with Gasteiger partial charge in [-0.1, -0.05) is 23.2 Å². The van der Waals surface area contributed by atoms with E-state index in [2.05, 4.69) is 25.9 Å². The second kappa shape index (κ2) is 8.34. The lowest BCUT2D eigenvalue weighted by Gasteiger charge is -2.10. The maximum absolute atomic E-state index is 11.2. The van der Waals surface area contributed by atoms with Crippen molar-refractivity contribution in [3.63, 3.8) is 0 Å². The van der Waals surface area contributed by atoms with Gasteiger partial charge in [-0.3, -0.25) is 10.1 Å². The van der Waals surface area contributed by atoms with E-state index >= 15 is 0 Å². The van der Waals surface area contributed by atoms with Crippen molar-refractivity contribution < 1.29 is 9.66 Å². The van der Waals surface area contributed by atoms with Crippen LogP contribution in [0, 0.1) is 21.4 Å². The van der Waals surface area contributed by atoms with E-state index < -0.39 is 4.92 Å². The van der Waals surface area contributed by atoms with Gasteiger partial charge in [-0.2, -0.15) is 10.5 Å². The molecule has 12 heteroatoms. The fourth-order valence-corrected chi connectivity index (χ4v) is 2.54. The lowest BCUT2D eigenvalue weighted by atomic mass is 10.2. The van der Waals surface area contributed by atoms with E-state index in [0.717, 1.165) is 0 Å². The highest BCUT2D eigenvalue weighted by Gasteiger charge is 2.13. The number of H-pyrrole nitrogens is 1. The number of nitro benzene ring substituents is 1. The van der Waals surface area contributed by atoms with Crippen LogP contribution in [0.25, 0.3) is 5.57 Å². The van der Waals surface area contributed by atoms with E-state index in [-0.39, 0.29) is 33.6 Å². The molecule has 0 radical (unpaired) electrons. The number of non-ortho nitro benzene ring substituents is 1. The summed E-state index contributed by atoms with van der Waals surface area (Å²) in [5.41, 5.74) is 0.144. The highest BCUT2D eigenvalue weighted by atomic mass is 35.5. The zero-order valence-corrected chi connectivity index (χ0v) is 15.3. The van der Waals surface area contributed by atoms with Crippen LogP contribution in [0.4, 0.5) is 11.4 Å². The average Bonchev–Trinajstić information content (AvgIpc) is 3.19. The molecule has 0 aliphatic rings. The van der Waals surface area contributed by atoms with Gasteiger partial charge in [-0.25, -0.2) is 0 Å². The van der Waals surface area contributed by atoms with E-state index in [1.807, 2.05) is 6.07 Å². The molecule has 0 unspecified atom stereocenters. The number of hydrogen-bond donors (Lipinski definition) is 2. The quantitative estimate of drug-likeness (QED) is 0.345. The van der Waals surface area contributed by atoms with Crippen molar-refractivity contribution in [3.05, 3.63) is 68.6 Å². The Morgan fingerprint density at radius 2 is 2.14 bits per heavy atom. The summed E-state index contributed by atoms with van der Waals surface area (Å²) in [4.78, 5) is 10.7. The van der Waals surface area contributed by atoms with Gasteiger partial charge in [-0.05, 0) is 23.4 Å². The lowest BCUT2D eigenvalue weighted by molar-refractivity contribution is -0.384. The fourth-order valence-electron chi connectivity index (χ4n) is 2.09. The summed E-state index contributed by atoms with van der Waals surface area (Å²) in [7, 11) is 0. The number of rotatable bonds is 6. The third-order valence-corrected chi connectivity index (χ3v) is 3.84. The first-order valence-corrected chi connectivity index (χ1v) is 8.25. The lowest BCUT2D eigenvalue weighted by Crippen LogP contribution is -1.96. The number of anilines is 1. The molecule has 0 spiro atoms. The number of halogens is 2. The first kappa shape index (κ1) is 19.1. The molecule has 3 rings (SSSR count). The van der Waals surface area contributed by atoms with Gasteiger partial charge < -0.3 is 10.1 Å². The summed E-state index contributed by atoms with van der Waals surface area (Å²) < 4.78 is 5.64. The van der Waals surface area contributed by atoms with Crippen LogP contribution in [0.3, 0.4) is 0 Å². The maximum Gasteiger partial charge on any atom is 0.275 e. The molecule has 1 aromatic heterocycles. The Balaban J connectivity index is 1.91. The van der Waals surface area contributed by atoms with Crippen molar-refractivity contribution in [1.29, 1.82) is 5.26 Å². The summed E-state index contributed by atoms with van der Waals surface area (Å²) in [5, 5.41) is 36.9. The van der Waals surface area contributed by atoms with Crippen molar-refractivity contribution in [1.82, 2.24) is 20.6 Å². The van der Waals surface area contributed by atoms with Crippen LogP contribution in [0.15, 0.2) is 42.6 Å². The molecule has 0 fully saturated rings. The van der Waals surface area contributed by atoms with Gasteiger partial charge in [-0.15, -0.1) is 10.2 Å². The normalized spacial score (nSPS) is 11.0. The third kappa shape index (κ3) is 4.53.